The molecule has 0 aliphatic rings. The molecule has 4 aromatic rings. The summed E-state index contributed by atoms with van der Waals surface area (Å²) in [5, 5.41) is 0. The van der Waals surface area contributed by atoms with E-state index in [0.717, 1.165) is 18.4 Å². The molecule has 0 aromatic heterocycles. The topological polar surface area (TPSA) is 9.23 Å². The average Bonchev–Trinajstić information content (AvgIpc) is 2.90. The van der Waals surface area contributed by atoms with Gasteiger partial charge in [0.25, 0.3) is 0 Å². The maximum absolute atomic E-state index is 15.1. The number of benzene rings is 4. The van der Waals surface area contributed by atoms with E-state index in [0.29, 0.717) is 35.3 Å². The molecular weight excluding hydrogens is 457 g/mol. The summed E-state index contributed by atoms with van der Waals surface area (Å²) in [5.74, 6) is -1.51. The molecule has 0 atom stereocenters. The standard InChI is InChI=1S/C32H31F3O/c1-3-4-5-6-22-7-12-24(13-8-22)28-19-20-29(32(35)31(28)34)25-14-9-23(10-15-25)11-16-26-17-18-27(36-2)21-30(26)33/h7-10,12-15,17-21H,3-6,11,16H2,1-2H3. The Morgan fingerprint density at radius 2 is 1.17 bits per heavy atom. The number of aryl methyl sites for hydroxylation is 3. The van der Waals surface area contributed by atoms with Crippen LogP contribution in [-0.2, 0) is 19.3 Å². The number of unbranched alkanes of at least 4 members (excludes halogenated alkanes) is 2. The molecule has 4 heteroatoms. The molecule has 0 N–H and O–H groups in total. The van der Waals surface area contributed by atoms with Gasteiger partial charge in [0.05, 0.1) is 7.11 Å². The molecule has 0 aliphatic carbocycles. The van der Waals surface area contributed by atoms with Crippen molar-refractivity contribution in [2.75, 3.05) is 7.11 Å². The molecule has 4 aromatic carbocycles. The second-order valence-corrected chi connectivity index (χ2v) is 9.10. The van der Waals surface area contributed by atoms with Gasteiger partial charge in [-0.15, -0.1) is 0 Å². The summed E-state index contributed by atoms with van der Waals surface area (Å²) < 4.78 is 49.3. The van der Waals surface area contributed by atoms with E-state index in [2.05, 4.69) is 6.92 Å². The summed E-state index contributed by atoms with van der Waals surface area (Å²) in [6, 6.07) is 23.1. The number of rotatable bonds is 10. The van der Waals surface area contributed by atoms with Crippen LogP contribution in [0.2, 0.25) is 0 Å². The Balaban J connectivity index is 1.46. The first-order valence-electron chi connectivity index (χ1n) is 12.5. The average molecular weight is 489 g/mol. The Bertz CT molecular complexity index is 1290. The summed E-state index contributed by atoms with van der Waals surface area (Å²) in [6.07, 6.45) is 5.64. The van der Waals surface area contributed by atoms with Crippen LogP contribution in [0, 0.1) is 17.5 Å². The molecule has 0 bridgehead atoms. The number of methoxy groups -OCH3 is 1. The van der Waals surface area contributed by atoms with E-state index in [4.69, 9.17) is 4.74 Å². The normalized spacial score (nSPS) is 11.0. The van der Waals surface area contributed by atoms with Crippen LogP contribution >= 0.6 is 0 Å². The van der Waals surface area contributed by atoms with Gasteiger partial charge in [-0.05, 0) is 59.6 Å². The molecule has 0 aliphatic heterocycles. The van der Waals surface area contributed by atoms with E-state index >= 15 is 8.78 Å². The highest BCUT2D eigenvalue weighted by molar-refractivity contribution is 5.72. The van der Waals surface area contributed by atoms with Crippen molar-refractivity contribution in [2.45, 2.75) is 45.4 Å². The van der Waals surface area contributed by atoms with Gasteiger partial charge in [-0.3, -0.25) is 0 Å². The summed E-state index contributed by atoms with van der Waals surface area (Å²) in [4.78, 5) is 0. The maximum Gasteiger partial charge on any atom is 0.167 e. The Morgan fingerprint density at radius 1 is 0.611 bits per heavy atom. The van der Waals surface area contributed by atoms with Crippen LogP contribution in [-0.4, -0.2) is 7.11 Å². The van der Waals surface area contributed by atoms with Gasteiger partial charge in [0.15, 0.2) is 11.6 Å². The van der Waals surface area contributed by atoms with Crippen molar-refractivity contribution in [1.82, 2.24) is 0 Å². The Morgan fingerprint density at radius 3 is 1.67 bits per heavy atom. The van der Waals surface area contributed by atoms with Crippen molar-refractivity contribution in [2.24, 2.45) is 0 Å². The molecule has 0 saturated carbocycles. The fourth-order valence-corrected chi connectivity index (χ4v) is 4.41. The van der Waals surface area contributed by atoms with Gasteiger partial charge in [0.2, 0.25) is 0 Å². The Kier molecular flexibility index (Phi) is 8.48. The van der Waals surface area contributed by atoms with Gasteiger partial charge in [0, 0.05) is 17.2 Å². The maximum atomic E-state index is 15.1. The van der Waals surface area contributed by atoms with Crippen LogP contribution < -0.4 is 4.74 Å². The lowest BCUT2D eigenvalue weighted by molar-refractivity contribution is 0.410. The highest BCUT2D eigenvalue weighted by Crippen LogP contribution is 2.32. The zero-order valence-electron chi connectivity index (χ0n) is 20.8. The highest BCUT2D eigenvalue weighted by atomic mass is 19.2. The second-order valence-electron chi connectivity index (χ2n) is 9.10. The molecule has 0 saturated heterocycles. The van der Waals surface area contributed by atoms with Gasteiger partial charge in [-0.25, -0.2) is 13.2 Å². The molecular formula is C32H31F3O. The SMILES string of the molecule is CCCCCc1ccc(-c2ccc(-c3ccc(CCc4ccc(OC)cc4F)cc3)c(F)c2F)cc1. The van der Waals surface area contributed by atoms with Crippen molar-refractivity contribution in [3.63, 3.8) is 0 Å². The minimum Gasteiger partial charge on any atom is -0.497 e. The lowest BCUT2D eigenvalue weighted by Gasteiger charge is -2.11. The third-order valence-electron chi connectivity index (χ3n) is 6.62. The van der Waals surface area contributed by atoms with E-state index < -0.39 is 11.6 Å². The lowest BCUT2D eigenvalue weighted by atomic mass is 9.96. The summed E-state index contributed by atoms with van der Waals surface area (Å²) in [6.45, 7) is 2.17. The van der Waals surface area contributed by atoms with E-state index in [9.17, 15) is 4.39 Å². The predicted octanol–water partition coefficient (Wildman–Crippen LogP) is 8.96. The van der Waals surface area contributed by atoms with Crippen molar-refractivity contribution in [1.29, 1.82) is 0 Å². The van der Waals surface area contributed by atoms with Crippen LogP contribution in [0.1, 0.15) is 42.9 Å². The second kappa shape index (κ2) is 11.9. The molecule has 0 fully saturated rings. The van der Waals surface area contributed by atoms with E-state index in [1.165, 1.54) is 31.6 Å². The third-order valence-corrected chi connectivity index (χ3v) is 6.62. The molecule has 0 radical (unpaired) electrons. The van der Waals surface area contributed by atoms with E-state index in [-0.39, 0.29) is 16.9 Å². The summed E-state index contributed by atoms with van der Waals surface area (Å²) >= 11 is 0. The molecule has 0 heterocycles. The first kappa shape index (κ1) is 25.6. The third kappa shape index (κ3) is 5.99. The van der Waals surface area contributed by atoms with Crippen molar-refractivity contribution in [3.8, 4) is 28.0 Å². The minimum atomic E-state index is -0.854. The van der Waals surface area contributed by atoms with E-state index in [1.54, 1.807) is 36.4 Å². The van der Waals surface area contributed by atoms with Crippen LogP contribution in [0.5, 0.6) is 5.75 Å². The van der Waals surface area contributed by atoms with Crippen LogP contribution in [0.4, 0.5) is 13.2 Å². The molecule has 0 unspecified atom stereocenters. The number of hydrogen-bond acceptors (Lipinski definition) is 1. The monoisotopic (exact) mass is 488 g/mol. The van der Waals surface area contributed by atoms with Crippen molar-refractivity contribution >= 4 is 0 Å². The Hall–Kier alpha value is -3.53. The van der Waals surface area contributed by atoms with Gasteiger partial charge in [0.1, 0.15) is 11.6 Å². The molecule has 1 nitrogen and oxygen atoms in total. The van der Waals surface area contributed by atoms with Crippen molar-refractivity contribution in [3.05, 3.63) is 113 Å². The zero-order chi connectivity index (χ0) is 25.5. The van der Waals surface area contributed by atoms with Gasteiger partial charge in [-0.1, -0.05) is 86.5 Å². The molecule has 0 amide bonds. The van der Waals surface area contributed by atoms with Gasteiger partial charge in [-0.2, -0.15) is 0 Å². The first-order chi connectivity index (χ1) is 17.5. The van der Waals surface area contributed by atoms with Gasteiger partial charge < -0.3 is 4.74 Å². The summed E-state index contributed by atoms with van der Waals surface area (Å²) in [7, 11) is 1.50. The number of halogens is 3. The fourth-order valence-electron chi connectivity index (χ4n) is 4.41. The Labute approximate surface area is 211 Å². The largest absolute Gasteiger partial charge is 0.497 e. The summed E-state index contributed by atoms with van der Waals surface area (Å²) in [5.41, 5.74) is 4.55. The zero-order valence-corrected chi connectivity index (χ0v) is 20.8. The van der Waals surface area contributed by atoms with Gasteiger partial charge >= 0.3 is 0 Å². The molecule has 36 heavy (non-hydrogen) atoms. The van der Waals surface area contributed by atoms with Crippen LogP contribution in [0.15, 0.2) is 78.9 Å². The minimum absolute atomic E-state index is 0.222. The molecule has 186 valence electrons. The quantitative estimate of drug-likeness (QED) is 0.202. The smallest absolute Gasteiger partial charge is 0.167 e. The first-order valence-corrected chi connectivity index (χ1v) is 12.5. The highest BCUT2D eigenvalue weighted by Gasteiger charge is 2.16. The van der Waals surface area contributed by atoms with Crippen LogP contribution in [0.3, 0.4) is 0 Å². The number of hydrogen-bond donors (Lipinski definition) is 0. The lowest BCUT2D eigenvalue weighted by Crippen LogP contribution is -1.97. The van der Waals surface area contributed by atoms with Crippen molar-refractivity contribution < 1.29 is 17.9 Å². The van der Waals surface area contributed by atoms with Crippen LogP contribution in [0.25, 0.3) is 22.3 Å². The van der Waals surface area contributed by atoms with E-state index in [1.807, 2.05) is 36.4 Å². The molecule has 0 spiro atoms. The fraction of sp³-hybridized carbons (Fsp3) is 0.250. The number of ether oxygens (including phenoxy) is 1. The molecule has 4 rings (SSSR count). The predicted molar refractivity (Wildman–Crippen MR) is 141 cm³/mol.